The summed E-state index contributed by atoms with van der Waals surface area (Å²) in [5, 5.41) is 18.0. The van der Waals surface area contributed by atoms with E-state index < -0.39 is 17.9 Å². The van der Waals surface area contributed by atoms with Gasteiger partial charge in [-0.1, -0.05) is 0 Å². The molecule has 0 spiro atoms. The minimum Gasteiger partial charge on any atom is -0.493 e. The summed E-state index contributed by atoms with van der Waals surface area (Å²) in [6.45, 7) is 1.47. The molecule has 1 aromatic carbocycles. The van der Waals surface area contributed by atoms with Gasteiger partial charge in [0.25, 0.3) is 0 Å². The molecule has 0 aromatic heterocycles. The monoisotopic (exact) mass is 254 g/mol. The molecule has 2 N–H and O–H groups in total. The minimum absolute atomic E-state index is 0.0753. The van der Waals surface area contributed by atoms with E-state index in [1.807, 2.05) is 0 Å². The lowest BCUT2D eigenvalue weighted by atomic mass is 9.98. The van der Waals surface area contributed by atoms with Crippen molar-refractivity contribution in [3.63, 3.8) is 0 Å². The van der Waals surface area contributed by atoms with Gasteiger partial charge in [0.1, 0.15) is 5.56 Å². The Morgan fingerprint density at radius 2 is 1.78 bits per heavy atom. The van der Waals surface area contributed by atoms with E-state index in [1.54, 1.807) is 0 Å². The van der Waals surface area contributed by atoms with Crippen LogP contribution in [0, 0.1) is 0 Å². The Bertz CT molecular complexity index is 480. The van der Waals surface area contributed by atoms with E-state index in [0.717, 1.165) is 0 Å². The predicted octanol–water partition coefficient (Wildman–Crippen LogP) is 1.59. The number of carboxylic acids is 2. The number of benzene rings is 1. The minimum atomic E-state index is -1.20. The van der Waals surface area contributed by atoms with Crippen molar-refractivity contribution in [3.8, 4) is 11.5 Å². The smallest absolute Gasteiger partial charge is 0.339 e. The Labute approximate surface area is 104 Å². The highest BCUT2D eigenvalue weighted by Gasteiger charge is 2.22. The molecule has 18 heavy (non-hydrogen) atoms. The fourth-order valence-electron chi connectivity index (χ4n) is 1.54. The molecule has 0 radical (unpaired) electrons. The zero-order valence-electron chi connectivity index (χ0n) is 10.3. The summed E-state index contributed by atoms with van der Waals surface area (Å²) in [4.78, 5) is 22.0. The highest BCUT2D eigenvalue weighted by atomic mass is 16.5. The Balaban J connectivity index is 3.45. The van der Waals surface area contributed by atoms with Crippen molar-refractivity contribution < 1.29 is 29.3 Å². The predicted molar refractivity (Wildman–Crippen MR) is 62.6 cm³/mol. The second-order valence-corrected chi connectivity index (χ2v) is 3.67. The first-order valence-corrected chi connectivity index (χ1v) is 5.14. The van der Waals surface area contributed by atoms with E-state index in [2.05, 4.69) is 0 Å². The molecule has 1 rings (SSSR count). The van der Waals surface area contributed by atoms with Crippen LogP contribution in [0.25, 0.3) is 0 Å². The topological polar surface area (TPSA) is 93.1 Å². The maximum absolute atomic E-state index is 11.1. The number of carbonyl (C=O) groups is 2. The molecule has 0 amide bonds. The summed E-state index contributed by atoms with van der Waals surface area (Å²) in [7, 11) is 2.68. The Hall–Kier alpha value is -2.24. The third kappa shape index (κ3) is 2.53. The van der Waals surface area contributed by atoms with Crippen LogP contribution in [-0.4, -0.2) is 36.4 Å². The van der Waals surface area contributed by atoms with Crippen molar-refractivity contribution >= 4 is 11.9 Å². The fourth-order valence-corrected chi connectivity index (χ4v) is 1.54. The van der Waals surface area contributed by atoms with Gasteiger partial charge in [0.2, 0.25) is 0 Å². The Morgan fingerprint density at radius 3 is 2.17 bits per heavy atom. The van der Waals surface area contributed by atoms with E-state index in [4.69, 9.17) is 19.7 Å². The van der Waals surface area contributed by atoms with E-state index in [-0.39, 0.29) is 17.1 Å². The van der Waals surface area contributed by atoms with Crippen molar-refractivity contribution in [1.29, 1.82) is 0 Å². The second kappa shape index (κ2) is 5.39. The quantitative estimate of drug-likeness (QED) is 0.828. The average molecular weight is 254 g/mol. The SMILES string of the molecule is COc1cc(C(C)C(=O)O)cc(C(=O)O)c1OC. The third-order valence-corrected chi connectivity index (χ3v) is 2.60. The summed E-state index contributed by atoms with van der Waals surface area (Å²) in [6.07, 6.45) is 0. The van der Waals surface area contributed by atoms with Crippen LogP contribution in [0.2, 0.25) is 0 Å². The molecule has 0 saturated heterocycles. The van der Waals surface area contributed by atoms with Crippen molar-refractivity contribution in [2.24, 2.45) is 0 Å². The number of hydrogen-bond donors (Lipinski definition) is 2. The van der Waals surface area contributed by atoms with Gasteiger partial charge in [0.05, 0.1) is 20.1 Å². The van der Waals surface area contributed by atoms with Crippen molar-refractivity contribution in [3.05, 3.63) is 23.3 Å². The van der Waals surface area contributed by atoms with Gasteiger partial charge in [-0.2, -0.15) is 0 Å². The number of aliphatic carboxylic acids is 1. The van der Waals surface area contributed by atoms with Gasteiger partial charge < -0.3 is 19.7 Å². The van der Waals surface area contributed by atoms with Gasteiger partial charge >= 0.3 is 11.9 Å². The number of hydrogen-bond acceptors (Lipinski definition) is 4. The van der Waals surface area contributed by atoms with Crippen molar-refractivity contribution in [2.45, 2.75) is 12.8 Å². The van der Waals surface area contributed by atoms with Gasteiger partial charge in [-0.05, 0) is 24.6 Å². The number of carboxylic acid groups (broad SMARTS) is 2. The van der Waals surface area contributed by atoms with Crippen LogP contribution in [-0.2, 0) is 4.79 Å². The summed E-state index contributed by atoms with van der Waals surface area (Å²) in [5.41, 5.74) is 0.220. The van der Waals surface area contributed by atoms with Crippen LogP contribution < -0.4 is 9.47 Å². The molecule has 0 fully saturated rings. The Morgan fingerprint density at radius 1 is 1.17 bits per heavy atom. The molecule has 0 aliphatic heterocycles. The van der Waals surface area contributed by atoms with Gasteiger partial charge in [0.15, 0.2) is 11.5 Å². The lowest BCUT2D eigenvalue weighted by Gasteiger charge is -2.14. The van der Waals surface area contributed by atoms with Crippen molar-refractivity contribution in [1.82, 2.24) is 0 Å². The third-order valence-electron chi connectivity index (χ3n) is 2.60. The molecule has 1 unspecified atom stereocenters. The van der Waals surface area contributed by atoms with E-state index >= 15 is 0 Å². The maximum Gasteiger partial charge on any atom is 0.339 e. The van der Waals surface area contributed by atoms with Gasteiger partial charge in [-0.3, -0.25) is 4.79 Å². The summed E-state index contributed by atoms with van der Waals surface area (Å²) >= 11 is 0. The second-order valence-electron chi connectivity index (χ2n) is 3.67. The van der Waals surface area contributed by atoms with Crippen LogP contribution in [0.3, 0.4) is 0 Å². The lowest BCUT2D eigenvalue weighted by Crippen LogP contribution is -2.10. The largest absolute Gasteiger partial charge is 0.493 e. The molecular formula is C12H14O6. The molecule has 0 bridgehead atoms. The number of methoxy groups -OCH3 is 2. The zero-order valence-corrected chi connectivity index (χ0v) is 10.3. The number of aromatic carboxylic acids is 1. The first-order chi connectivity index (χ1) is 8.42. The van der Waals surface area contributed by atoms with Crippen LogP contribution in [0.5, 0.6) is 11.5 Å². The number of ether oxygens (including phenoxy) is 2. The molecule has 6 nitrogen and oxygen atoms in total. The van der Waals surface area contributed by atoms with Gasteiger partial charge in [-0.25, -0.2) is 4.79 Å². The van der Waals surface area contributed by atoms with E-state index in [0.29, 0.717) is 5.56 Å². The molecule has 1 aromatic rings. The van der Waals surface area contributed by atoms with Crippen LogP contribution in [0.15, 0.2) is 12.1 Å². The summed E-state index contributed by atoms with van der Waals surface area (Å²) in [6, 6.07) is 2.74. The molecule has 98 valence electrons. The zero-order chi connectivity index (χ0) is 13.9. The highest BCUT2D eigenvalue weighted by Crippen LogP contribution is 2.35. The summed E-state index contributed by atoms with van der Waals surface area (Å²) < 4.78 is 9.99. The normalized spacial score (nSPS) is 11.7. The van der Waals surface area contributed by atoms with E-state index in [9.17, 15) is 9.59 Å². The molecule has 0 saturated carbocycles. The molecule has 0 heterocycles. The number of rotatable bonds is 5. The highest BCUT2D eigenvalue weighted by molar-refractivity contribution is 5.93. The van der Waals surface area contributed by atoms with E-state index in [1.165, 1.54) is 33.3 Å². The van der Waals surface area contributed by atoms with Crippen molar-refractivity contribution in [2.75, 3.05) is 14.2 Å². The molecule has 0 aliphatic rings. The van der Waals surface area contributed by atoms with Crippen LogP contribution in [0.4, 0.5) is 0 Å². The summed E-state index contributed by atoms with van der Waals surface area (Å²) in [5.74, 6) is -2.81. The molecule has 1 atom stereocenters. The van der Waals surface area contributed by atoms with Gasteiger partial charge in [-0.15, -0.1) is 0 Å². The standard InChI is InChI=1S/C12H14O6/c1-6(11(13)14)7-4-8(12(15)16)10(18-3)9(5-7)17-2/h4-6H,1-3H3,(H,13,14)(H,15,16). The van der Waals surface area contributed by atoms with Gasteiger partial charge in [0, 0.05) is 0 Å². The lowest BCUT2D eigenvalue weighted by molar-refractivity contribution is -0.138. The maximum atomic E-state index is 11.1. The Kier molecular flexibility index (Phi) is 4.14. The average Bonchev–Trinajstić information content (AvgIpc) is 2.35. The first kappa shape index (κ1) is 13.8. The molecular weight excluding hydrogens is 240 g/mol. The fraction of sp³-hybridized carbons (Fsp3) is 0.333. The molecule has 0 aliphatic carbocycles. The van der Waals surface area contributed by atoms with Crippen LogP contribution >= 0.6 is 0 Å². The molecule has 6 heteroatoms. The van der Waals surface area contributed by atoms with Crippen LogP contribution in [0.1, 0.15) is 28.8 Å². The first-order valence-electron chi connectivity index (χ1n) is 5.14.